The predicted octanol–water partition coefficient (Wildman–Crippen LogP) is 4.15. The van der Waals surface area contributed by atoms with E-state index in [2.05, 4.69) is 15.5 Å². The van der Waals surface area contributed by atoms with Crippen LogP contribution in [-0.2, 0) is 9.59 Å². The van der Waals surface area contributed by atoms with Crippen molar-refractivity contribution in [2.75, 3.05) is 44.5 Å². The van der Waals surface area contributed by atoms with Crippen molar-refractivity contribution in [2.45, 2.75) is 12.8 Å². The first-order chi connectivity index (χ1) is 16.1. The van der Waals surface area contributed by atoms with Crippen molar-refractivity contribution in [1.82, 2.24) is 4.90 Å². The number of amides is 2. The van der Waals surface area contributed by atoms with E-state index in [-0.39, 0.29) is 17.7 Å². The second-order valence-corrected chi connectivity index (χ2v) is 8.18. The van der Waals surface area contributed by atoms with Crippen LogP contribution in [-0.4, -0.2) is 50.6 Å². The van der Waals surface area contributed by atoms with Gasteiger partial charge in [-0.1, -0.05) is 36.4 Å². The van der Waals surface area contributed by atoms with Crippen LogP contribution in [0, 0.1) is 5.92 Å². The third-order valence-corrected chi connectivity index (χ3v) is 6.06. The fourth-order valence-corrected chi connectivity index (χ4v) is 4.22. The van der Waals surface area contributed by atoms with Crippen molar-refractivity contribution in [1.29, 1.82) is 0 Å². The number of anilines is 2. The predicted molar refractivity (Wildman–Crippen MR) is 130 cm³/mol. The first-order valence-electron chi connectivity index (χ1n) is 11.1. The van der Waals surface area contributed by atoms with Crippen LogP contribution in [0.5, 0.6) is 11.5 Å². The summed E-state index contributed by atoms with van der Waals surface area (Å²) in [6, 6.07) is 19.2. The molecule has 2 N–H and O–H groups in total. The van der Waals surface area contributed by atoms with Crippen molar-refractivity contribution in [3.05, 3.63) is 60.7 Å². The Morgan fingerprint density at radius 3 is 2.42 bits per heavy atom. The lowest BCUT2D eigenvalue weighted by Crippen LogP contribution is -2.41. The quantitative estimate of drug-likeness (QED) is 0.569. The molecule has 0 atom stereocenters. The first-order valence-corrected chi connectivity index (χ1v) is 11.1. The van der Waals surface area contributed by atoms with Gasteiger partial charge in [0, 0.05) is 23.1 Å². The van der Waals surface area contributed by atoms with Crippen LogP contribution in [0.1, 0.15) is 12.8 Å². The Hall–Kier alpha value is -3.58. The van der Waals surface area contributed by atoms with Crippen molar-refractivity contribution in [2.24, 2.45) is 5.92 Å². The summed E-state index contributed by atoms with van der Waals surface area (Å²) in [5, 5.41) is 8.13. The van der Waals surface area contributed by atoms with E-state index in [4.69, 9.17) is 9.47 Å². The van der Waals surface area contributed by atoms with Crippen LogP contribution in [0.3, 0.4) is 0 Å². The molecule has 33 heavy (non-hydrogen) atoms. The van der Waals surface area contributed by atoms with Gasteiger partial charge in [-0.15, -0.1) is 0 Å². The minimum atomic E-state index is -0.103. The molecule has 3 aromatic carbocycles. The summed E-state index contributed by atoms with van der Waals surface area (Å²) in [6.07, 6.45) is 1.40. The number of carbonyl (C=O) groups excluding carboxylic acids is 2. The molecular weight excluding hydrogens is 418 g/mol. The highest BCUT2D eigenvalue weighted by Crippen LogP contribution is 2.30. The lowest BCUT2D eigenvalue weighted by molar-refractivity contribution is -0.121. The molecule has 0 saturated carbocycles. The topological polar surface area (TPSA) is 79.9 Å². The van der Waals surface area contributed by atoms with Gasteiger partial charge in [-0.3, -0.25) is 14.5 Å². The van der Waals surface area contributed by atoms with Gasteiger partial charge in [0.15, 0.2) is 0 Å². The number of ether oxygens (including phenoxy) is 2. The lowest BCUT2D eigenvalue weighted by Gasteiger charge is -2.30. The molecule has 3 aromatic rings. The van der Waals surface area contributed by atoms with E-state index in [0.29, 0.717) is 49.7 Å². The van der Waals surface area contributed by atoms with Crippen LogP contribution in [0.4, 0.5) is 11.4 Å². The van der Waals surface area contributed by atoms with Crippen molar-refractivity contribution in [3.63, 3.8) is 0 Å². The molecule has 2 amide bonds. The molecule has 1 aliphatic rings. The van der Waals surface area contributed by atoms with Crippen molar-refractivity contribution >= 4 is 34.0 Å². The largest absolute Gasteiger partial charge is 0.497 e. The maximum Gasteiger partial charge on any atom is 0.238 e. The summed E-state index contributed by atoms with van der Waals surface area (Å²) in [7, 11) is 3.15. The lowest BCUT2D eigenvalue weighted by atomic mass is 9.95. The minimum absolute atomic E-state index is 0.0293. The number of nitrogens with zero attached hydrogens (tertiary/aromatic N) is 1. The third-order valence-electron chi connectivity index (χ3n) is 6.06. The summed E-state index contributed by atoms with van der Waals surface area (Å²) in [5.41, 5.74) is 1.45. The third kappa shape index (κ3) is 5.43. The van der Waals surface area contributed by atoms with Gasteiger partial charge in [0.2, 0.25) is 11.8 Å². The van der Waals surface area contributed by atoms with E-state index >= 15 is 0 Å². The highest BCUT2D eigenvalue weighted by Gasteiger charge is 2.26. The van der Waals surface area contributed by atoms with Gasteiger partial charge in [-0.2, -0.15) is 0 Å². The molecule has 7 nitrogen and oxygen atoms in total. The Balaban J connectivity index is 1.29. The fourth-order valence-electron chi connectivity index (χ4n) is 4.22. The van der Waals surface area contributed by atoms with Gasteiger partial charge in [0.1, 0.15) is 11.5 Å². The fraction of sp³-hybridized carbons (Fsp3) is 0.308. The number of benzene rings is 3. The molecule has 1 heterocycles. The molecule has 0 aliphatic carbocycles. The van der Waals surface area contributed by atoms with Gasteiger partial charge in [-0.05, 0) is 49.5 Å². The molecule has 0 unspecified atom stereocenters. The average molecular weight is 448 g/mol. The first kappa shape index (κ1) is 22.6. The normalized spacial score (nSPS) is 14.6. The molecule has 0 bridgehead atoms. The van der Waals surface area contributed by atoms with E-state index in [1.54, 1.807) is 32.4 Å². The maximum absolute atomic E-state index is 12.8. The van der Waals surface area contributed by atoms with E-state index in [9.17, 15) is 9.59 Å². The summed E-state index contributed by atoms with van der Waals surface area (Å²) >= 11 is 0. The zero-order valence-corrected chi connectivity index (χ0v) is 19.0. The molecular formula is C26H29N3O4. The van der Waals surface area contributed by atoms with Crippen LogP contribution in [0.25, 0.3) is 10.8 Å². The SMILES string of the molecule is COc1ccc(NC(=O)C2CCN(CC(=O)Nc3cccc4ccccc34)CC2)c(OC)c1. The summed E-state index contributed by atoms with van der Waals surface area (Å²) in [6.45, 7) is 1.70. The van der Waals surface area contributed by atoms with Gasteiger partial charge >= 0.3 is 0 Å². The van der Waals surface area contributed by atoms with Crippen LogP contribution < -0.4 is 20.1 Å². The average Bonchev–Trinajstić information content (AvgIpc) is 2.85. The second-order valence-electron chi connectivity index (χ2n) is 8.18. The number of piperidine rings is 1. The Kier molecular flexibility index (Phi) is 7.10. The van der Waals surface area contributed by atoms with Gasteiger partial charge in [0.25, 0.3) is 0 Å². The summed E-state index contributed by atoms with van der Waals surface area (Å²) in [5.74, 6) is 1.05. The molecule has 1 fully saturated rings. The maximum atomic E-state index is 12.8. The minimum Gasteiger partial charge on any atom is -0.497 e. The summed E-state index contributed by atoms with van der Waals surface area (Å²) < 4.78 is 10.6. The molecule has 0 aromatic heterocycles. The monoisotopic (exact) mass is 447 g/mol. The number of fused-ring (bicyclic) bond motifs is 1. The number of hydrogen-bond acceptors (Lipinski definition) is 5. The number of carbonyl (C=O) groups is 2. The Morgan fingerprint density at radius 1 is 0.909 bits per heavy atom. The van der Waals surface area contributed by atoms with Gasteiger partial charge in [-0.25, -0.2) is 0 Å². The Labute approximate surface area is 193 Å². The highest BCUT2D eigenvalue weighted by atomic mass is 16.5. The van der Waals surface area contributed by atoms with E-state index in [1.165, 1.54) is 0 Å². The summed E-state index contributed by atoms with van der Waals surface area (Å²) in [4.78, 5) is 27.5. The molecule has 0 radical (unpaired) electrons. The molecule has 7 heteroatoms. The highest BCUT2D eigenvalue weighted by molar-refractivity contribution is 6.02. The number of rotatable bonds is 7. The van der Waals surface area contributed by atoms with Crippen LogP contribution in [0.2, 0.25) is 0 Å². The van der Waals surface area contributed by atoms with Crippen LogP contribution in [0.15, 0.2) is 60.7 Å². The molecule has 0 spiro atoms. The van der Waals surface area contributed by atoms with E-state index in [1.807, 2.05) is 42.5 Å². The van der Waals surface area contributed by atoms with Gasteiger partial charge < -0.3 is 20.1 Å². The number of hydrogen-bond donors (Lipinski definition) is 2. The number of methoxy groups -OCH3 is 2. The smallest absolute Gasteiger partial charge is 0.238 e. The second kappa shape index (κ2) is 10.4. The van der Waals surface area contributed by atoms with Crippen molar-refractivity contribution < 1.29 is 19.1 Å². The molecule has 172 valence electrons. The molecule has 1 saturated heterocycles. The number of likely N-dealkylation sites (tertiary alicyclic amines) is 1. The molecule has 4 rings (SSSR count). The standard InChI is InChI=1S/C26H29N3O4/c1-32-20-10-11-23(24(16-20)33-2)28-26(31)19-12-14-29(15-13-19)17-25(30)27-22-9-5-7-18-6-3-4-8-21(18)22/h3-11,16,19H,12-15,17H2,1-2H3,(H,27,30)(H,28,31). The number of nitrogens with one attached hydrogen (secondary N) is 2. The van der Waals surface area contributed by atoms with Crippen LogP contribution >= 0.6 is 0 Å². The zero-order chi connectivity index (χ0) is 23.2. The van der Waals surface area contributed by atoms with E-state index < -0.39 is 0 Å². The van der Waals surface area contributed by atoms with E-state index in [0.717, 1.165) is 16.5 Å². The molecule has 1 aliphatic heterocycles. The Morgan fingerprint density at radius 2 is 1.67 bits per heavy atom. The zero-order valence-electron chi connectivity index (χ0n) is 19.0. The Bertz CT molecular complexity index is 1130. The van der Waals surface area contributed by atoms with Gasteiger partial charge in [0.05, 0.1) is 26.5 Å². The van der Waals surface area contributed by atoms with Crippen molar-refractivity contribution in [3.8, 4) is 11.5 Å².